The van der Waals surface area contributed by atoms with Crippen LogP contribution < -0.4 is 11.1 Å². The van der Waals surface area contributed by atoms with Crippen molar-refractivity contribution in [2.24, 2.45) is 5.73 Å². The molecule has 0 radical (unpaired) electrons. The molecule has 1 aromatic heterocycles. The Morgan fingerprint density at radius 1 is 1.68 bits per heavy atom. The SMILES string of the molecule is CC(=O)NC1CCN(Cc2ccnc(C(N)=S)c2)C1. The summed E-state index contributed by atoms with van der Waals surface area (Å²) < 4.78 is 0. The molecule has 1 aromatic rings. The van der Waals surface area contributed by atoms with E-state index < -0.39 is 0 Å². The molecule has 0 saturated carbocycles. The molecule has 0 aromatic carbocycles. The number of nitrogens with one attached hydrogen (secondary N) is 1. The zero-order valence-electron chi connectivity index (χ0n) is 10.9. The molecule has 0 aliphatic carbocycles. The number of likely N-dealkylation sites (tertiary alicyclic amines) is 1. The number of carbonyl (C=O) groups is 1. The van der Waals surface area contributed by atoms with Gasteiger partial charge >= 0.3 is 0 Å². The van der Waals surface area contributed by atoms with Crippen LogP contribution in [-0.2, 0) is 11.3 Å². The summed E-state index contributed by atoms with van der Waals surface area (Å²) in [5, 5.41) is 2.95. The average Bonchev–Trinajstić information content (AvgIpc) is 2.76. The lowest BCUT2D eigenvalue weighted by Gasteiger charge is -2.16. The minimum absolute atomic E-state index is 0.0338. The van der Waals surface area contributed by atoms with E-state index in [0.717, 1.165) is 31.6 Å². The molecule has 1 fully saturated rings. The first-order valence-electron chi connectivity index (χ1n) is 6.29. The van der Waals surface area contributed by atoms with Crippen molar-refractivity contribution in [2.75, 3.05) is 13.1 Å². The van der Waals surface area contributed by atoms with Crippen LogP contribution in [0.1, 0.15) is 24.6 Å². The Hall–Kier alpha value is -1.53. The van der Waals surface area contributed by atoms with Crippen molar-refractivity contribution in [3.63, 3.8) is 0 Å². The minimum atomic E-state index is 0.0338. The summed E-state index contributed by atoms with van der Waals surface area (Å²) in [6.07, 6.45) is 2.72. The molecule has 19 heavy (non-hydrogen) atoms. The molecule has 5 nitrogen and oxygen atoms in total. The summed E-state index contributed by atoms with van der Waals surface area (Å²) in [4.78, 5) is 17.8. The van der Waals surface area contributed by atoms with Gasteiger partial charge in [0, 0.05) is 38.8 Å². The van der Waals surface area contributed by atoms with Gasteiger partial charge in [0.2, 0.25) is 5.91 Å². The van der Waals surface area contributed by atoms with Crippen LogP contribution in [0.2, 0.25) is 0 Å². The number of nitrogens with two attached hydrogens (primary N) is 1. The lowest BCUT2D eigenvalue weighted by atomic mass is 10.2. The van der Waals surface area contributed by atoms with Gasteiger partial charge in [-0.25, -0.2) is 0 Å². The fourth-order valence-electron chi connectivity index (χ4n) is 2.35. The maximum absolute atomic E-state index is 11.0. The number of thiocarbonyl (C=S) groups is 1. The van der Waals surface area contributed by atoms with Gasteiger partial charge in [-0.15, -0.1) is 0 Å². The van der Waals surface area contributed by atoms with E-state index in [4.69, 9.17) is 18.0 Å². The van der Waals surface area contributed by atoms with E-state index in [1.165, 1.54) is 0 Å². The molecule has 1 aliphatic heterocycles. The van der Waals surface area contributed by atoms with Crippen LogP contribution in [-0.4, -0.2) is 39.9 Å². The predicted octanol–water partition coefficient (Wildman–Crippen LogP) is 0.426. The van der Waals surface area contributed by atoms with Crippen molar-refractivity contribution in [3.8, 4) is 0 Å². The van der Waals surface area contributed by atoms with Crippen molar-refractivity contribution in [3.05, 3.63) is 29.6 Å². The normalized spacial score (nSPS) is 19.3. The van der Waals surface area contributed by atoms with Crippen LogP contribution in [0.5, 0.6) is 0 Å². The number of amides is 1. The Morgan fingerprint density at radius 2 is 2.47 bits per heavy atom. The molecule has 1 amide bonds. The van der Waals surface area contributed by atoms with Crippen LogP contribution in [0.3, 0.4) is 0 Å². The number of aromatic nitrogens is 1. The first kappa shape index (κ1) is 13.9. The summed E-state index contributed by atoms with van der Waals surface area (Å²) in [7, 11) is 0. The Bertz CT molecular complexity index is 491. The van der Waals surface area contributed by atoms with Crippen LogP contribution in [0.4, 0.5) is 0 Å². The predicted molar refractivity (Wildman–Crippen MR) is 77.6 cm³/mol. The molecule has 6 heteroatoms. The number of hydrogen-bond donors (Lipinski definition) is 2. The maximum Gasteiger partial charge on any atom is 0.217 e. The highest BCUT2D eigenvalue weighted by atomic mass is 32.1. The molecule has 3 N–H and O–H groups in total. The lowest BCUT2D eigenvalue weighted by molar-refractivity contribution is -0.119. The standard InChI is InChI=1S/C13H18N4OS/c1-9(18)16-11-3-5-17(8-11)7-10-2-4-15-12(6-10)13(14)19/h2,4,6,11H,3,5,7-8H2,1H3,(H2,14,19)(H,16,18). The van der Waals surface area contributed by atoms with Crippen LogP contribution in [0.25, 0.3) is 0 Å². The Kier molecular flexibility index (Phi) is 4.44. The van der Waals surface area contributed by atoms with E-state index in [1.807, 2.05) is 12.1 Å². The number of hydrogen-bond acceptors (Lipinski definition) is 4. The Morgan fingerprint density at radius 3 is 3.16 bits per heavy atom. The third kappa shape index (κ3) is 3.97. The highest BCUT2D eigenvalue weighted by molar-refractivity contribution is 7.80. The highest BCUT2D eigenvalue weighted by Gasteiger charge is 2.22. The van der Waals surface area contributed by atoms with Gasteiger partial charge in [0.15, 0.2) is 0 Å². The van der Waals surface area contributed by atoms with Gasteiger partial charge in [-0.1, -0.05) is 12.2 Å². The molecule has 102 valence electrons. The van der Waals surface area contributed by atoms with E-state index in [0.29, 0.717) is 10.7 Å². The highest BCUT2D eigenvalue weighted by Crippen LogP contribution is 2.13. The van der Waals surface area contributed by atoms with E-state index in [2.05, 4.69) is 15.2 Å². The van der Waals surface area contributed by atoms with Crippen molar-refractivity contribution >= 4 is 23.1 Å². The van der Waals surface area contributed by atoms with Crippen LogP contribution in [0, 0.1) is 0 Å². The van der Waals surface area contributed by atoms with Crippen molar-refractivity contribution < 1.29 is 4.79 Å². The molecule has 1 atom stereocenters. The molecule has 0 spiro atoms. The zero-order valence-corrected chi connectivity index (χ0v) is 11.7. The second kappa shape index (κ2) is 6.08. The van der Waals surface area contributed by atoms with Gasteiger partial charge in [0.1, 0.15) is 4.99 Å². The average molecular weight is 278 g/mol. The second-order valence-electron chi connectivity index (χ2n) is 4.83. The minimum Gasteiger partial charge on any atom is -0.388 e. The van der Waals surface area contributed by atoms with Gasteiger partial charge in [0.05, 0.1) is 5.69 Å². The van der Waals surface area contributed by atoms with Crippen molar-refractivity contribution in [1.29, 1.82) is 0 Å². The zero-order chi connectivity index (χ0) is 13.8. The number of nitrogens with zero attached hydrogens (tertiary/aromatic N) is 2. The lowest BCUT2D eigenvalue weighted by Crippen LogP contribution is -2.35. The first-order chi connectivity index (χ1) is 9.04. The van der Waals surface area contributed by atoms with Crippen molar-refractivity contribution in [1.82, 2.24) is 15.2 Å². The van der Waals surface area contributed by atoms with Crippen LogP contribution >= 0.6 is 12.2 Å². The van der Waals surface area contributed by atoms with Gasteiger partial charge < -0.3 is 11.1 Å². The summed E-state index contributed by atoms with van der Waals surface area (Å²) in [5.41, 5.74) is 7.37. The van der Waals surface area contributed by atoms with E-state index >= 15 is 0 Å². The molecular weight excluding hydrogens is 260 g/mol. The quantitative estimate of drug-likeness (QED) is 0.781. The Labute approximate surface area is 118 Å². The van der Waals surface area contributed by atoms with Crippen LogP contribution in [0.15, 0.2) is 18.3 Å². The van der Waals surface area contributed by atoms with Gasteiger partial charge in [-0.3, -0.25) is 14.7 Å². The molecule has 1 aliphatic rings. The van der Waals surface area contributed by atoms with Crippen molar-refractivity contribution in [2.45, 2.75) is 25.9 Å². The summed E-state index contributed by atoms with van der Waals surface area (Å²) in [6, 6.07) is 4.15. The fraction of sp³-hybridized carbons (Fsp3) is 0.462. The molecule has 2 heterocycles. The topological polar surface area (TPSA) is 71.2 Å². The summed E-state index contributed by atoms with van der Waals surface area (Å²) in [6.45, 7) is 4.24. The van der Waals surface area contributed by atoms with Gasteiger partial charge in [-0.2, -0.15) is 0 Å². The summed E-state index contributed by atoms with van der Waals surface area (Å²) in [5.74, 6) is 0.0338. The molecule has 1 unspecified atom stereocenters. The molecule has 1 saturated heterocycles. The fourth-order valence-corrected chi connectivity index (χ4v) is 2.46. The molecular formula is C13H18N4OS. The second-order valence-corrected chi connectivity index (χ2v) is 5.27. The maximum atomic E-state index is 11.0. The smallest absolute Gasteiger partial charge is 0.217 e. The van der Waals surface area contributed by atoms with E-state index in [1.54, 1.807) is 13.1 Å². The van der Waals surface area contributed by atoms with Gasteiger partial charge in [-0.05, 0) is 24.1 Å². The summed E-state index contributed by atoms with van der Waals surface area (Å²) >= 11 is 4.92. The van der Waals surface area contributed by atoms with Gasteiger partial charge in [0.25, 0.3) is 0 Å². The first-order valence-corrected chi connectivity index (χ1v) is 6.69. The van der Waals surface area contributed by atoms with E-state index in [9.17, 15) is 4.79 Å². The Balaban J connectivity index is 1.93. The molecule has 0 bridgehead atoms. The number of pyridine rings is 1. The number of carbonyl (C=O) groups excluding carboxylic acids is 1. The van der Waals surface area contributed by atoms with E-state index in [-0.39, 0.29) is 11.9 Å². The third-order valence-corrected chi connectivity index (χ3v) is 3.37. The monoisotopic (exact) mass is 278 g/mol. The number of rotatable bonds is 4. The third-order valence-electron chi connectivity index (χ3n) is 3.16. The largest absolute Gasteiger partial charge is 0.388 e. The molecule has 2 rings (SSSR count).